The quantitative estimate of drug-likeness (QED) is 0.381. The third-order valence-corrected chi connectivity index (χ3v) is 2.06. The Kier molecular flexibility index (Phi) is 5.50. The molecule has 14 heavy (non-hydrogen) atoms. The van der Waals surface area contributed by atoms with Crippen molar-refractivity contribution in [3.63, 3.8) is 0 Å². The first kappa shape index (κ1) is 13.8. The van der Waals surface area contributed by atoms with Gasteiger partial charge in [-0.3, -0.25) is 0 Å². The van der Waals surface area contributed by atoms with Crippen LogP contribution < -0.4 is 0 Å². The molecule has 0 aromatic carbocycles. The van der Waals surface area contributed by atoms with E-state index >= 15 is 0 Å². The molecule has 0 amide bonds. The van der Waals surface area contributed by atoms with Gasteiger partial charge in [0.15, 0.2) is 0 Å². The number of hydrogen-bond donors (Lipinski definition) is 2. The second-order valence-electron chi connectivity index (χ2n) is 3.32. The molecule has 0 radical (unpaired) electrons. The van der Waals surface area contributed by atoms with Crippen molar-refractivity contribution in [1.29, 1.82) is 0 Å². The van der Waals surface area contributed by atoms with Gasteiger partial charge in [-0.15, -0.1) is 0 Å². The average Bonchev–Trinajstić information content (AvgIpc) is 2.25. The molecule has 0 rings (SSSR count). The molecule has 0 bridgehead atoms. The molecule has 0 saturated carbocycles. The Hall–Kier alpha value is -0.240. The number of hydrogen-bond acceptors (Lipinski definition) is 6. The summed E-state index contributed by atoms with van der Waals surface area (Å²) in [5.41, 5.74) is 0. The zero-order valence-corrected chi connectivity index (χ0v) is 8.94. The van der Waals surface area contributed by atoms with E-state index in [1.807, 2.05) is 0 Å². The monoisotopic (exact) mass is 210 g/mol. The molecule has 6 nitrogen and oxygen atoms in total. The lowest BCUT2D eigenvalue weighted by molar-refractivity contribution is -0.566. The van der Waals surface area contributed by atoms with Crippen LogP contribution in [0.2, 0.25) is 0 Å². The van der Waals surface area contributed by atoms with Crippen molar-refractivity contribution in [2.75, 3.05) is 0 Å². The van der Waals surface area contributed by atoms with Gasteiger partial charge in [0.2, 0.25) is 11.6 Å². The Labute approximate surface area is 83.1 Å². The molecule has 2 atom stereocenters. The third-order valence-electron chi connectivity index (χ3n) is 2.06. The molecule has 0 unspecified atom stereocenters. The van der Waals surface area contributed by atoms with Gasteiger partial charge in [-0.05, 0) is 13.8 Å². The van der Waals surface area contributed by atoms with Crippen molar-refractivity contribution in [2.24, 2.45) is 0 Å². The maximum Gasteiger partial charge on any atom is 0.230 e. The SMILES string of the molecule is CC[C@@](C)(OO)OO[C@](C)(CC)OO. The Bertz CT molecular complexity index is 134. The lowest BCUT2D eigenvalue weighted by atomic mass is 10.2. The highest BCUT2D eigenvalue weighted by atomic mass is 17.3. The fraction of sp³-hybridized carbons (Fsp3) is 1.00. The summed E-state index contributed by atoms with van der Waals surface area (Å²) in [5.74, 6) is -2.54. The topological polar surface area (TPSA) is 77.4 Å². The summed E-state index contributed by atoms with van der Waals surface area (Å²) in [4.78, 5) is 17.8. The van der Waals surface area contributed by atoms with E-state index in [2.05, 4.69) is 9.78 Å². The Morgan fingerprint density at radius 2 is 1.14 bits per heavy atom. The van der Waals surface area contributed by atoms with Crippen LogP contribution in [-0.2, 0) is 19.6 Å². The van der Waals surface area contributed by atoms with Crippen LogP contribution in [0.3, 0.4) is 0 Å². The molecule has 6 heteroatoms. The summed E-state index contributed by atoms with van der Waals surface area (Å²) < 4.78 is 0. The van der Waals surface area contributed by atoms with Crippen LogP contribution in [0.25, 0.3) is 0 Å². The maximum atomic E-state index is 8.52. The minimum absolute atomic E-state index is 0.370. The molecule has 0 aliphatic carbocycles. The lowest BCUT2D eigenvalue weighted by Gasteiger charge is -2.29. The van der Waals surface area contributed by atoms with Crippen LogP contribution in [0.15, 0.2) is 0 Å². The van der Waals surface area contributed by atoms with Crippen LogP contribution in [0, 0.1) is 0 Å². The standard InChI is InChI=1S/C8H18O6/c1-5-7(3,11-9)13-14-8(4,6-2)12-10/h9-10H,5-6H2,1-4H3/t7-,8+. The molecule has 86 valence electrons. The highest BCUT2D eigenvalue weighted by molar-refractivity contribution is 4.57. The largest absolute Gasteiger partial charge is 0.249 e. The molecule has 0 aliphatic rings. The molecular weight excluding hydrogens is 192 g/mol. The molecule has 0 spiro atoms. The molecule has 0 fully saturated rings. The highest BCUT2D eigenvalue weighted by Crippen LogP contribution is 2.22. The summed E-state index contributed by atoms with van der Waals surface area (Å²) in [6.45, 7) is 6.45. The van der Waals surface area contributed by atoms with Crippen LogP contribution in [0.1, 0.15) is 40.5 Å². The Morgan fingerprint density at radius 1 is 0.857 bits per heavy atom. The van der Waals surface area contributed by atoms with Crippen LogP contribution >= 0.6 is 0 Å². The Morgan fingerprint density at radius 3 is 1.29 bits per heavy atom. The molecule has 0 saturated heterocycles. The van der Waals surface area contributed by atoms with Crippen molar-refractivity contribution in [3.05, 3.63) is 0 Å². The maximum absolute atomic E-state index is 8.52. The fourth-order valence-corrected chi connectivity index (χ4v) is 0.454. The summed E-state index contributed by atoms with van der Waals surface area (Å²) in [6.07, 6.45) is 0.740. The van der Waals surface area contributed by atoms with E-state index in [9.17, 15) is 0 Å². The summed E-state index contributed by atoms with van der Waals surface area (Å²) in [6, 6.07) is 0. The van der Waals surface area contributed by atoms with Gasteiger partial charge in [-0.1, -0.05) is 13.8 Å². The van der Waals surface area contributed by atoms with Gasteiger partial charge in [-0.25, -0.2) is 20.3 Å². The normalized spacial score (nSPS) is 20.1. The third kappa shape index (κ3) is 3.87. The van der Waals surface area contributed by atoms with Crippen molar-refractivity contribution in [2.45, 2.75) is 52.1 Å². The molecule has 0 aliphatic heterocycles. The van der Waals surface area contributed by atoms with Crippen LogP contribution in [-0.4, -0.2) is 22.1 Å². The van der Waals surface area contributed by atoms with Crippen molar-refractivity contribution in [3.8, 4) is 0 Å². The predicted octanol–water partition coefficient (Wildman–Crippen LogP) is 2.17. The van der Waals surface area contributed by atoms with Crippen molar-refractivity contribution < 1.29 is 30.1 Å². The molecule has 0 aromatic rings. The lowest BCUT2D eigenvalue weighted by Crippen LogP contribution is -2.38. The summed E-state index contributed by atoms with van der Waals surface area (Å²) in [5, 5.41) is 17.0. The van der Waals surface area contributed by atoms with Gasteiger partial charge >= 0.3 is 0 Å². The predicted molar refractivity (Wildman–Crippen MR) is 47.0 cm³/mol. The highest BCUT2D eigenvalue weighted by Gasteiger charge is 2.33. The van der Waals surface area contributed by atoms with Gasteiger partial charge in [-0.2, -0.15) is 9.78 Å². The molecule has 0 heterocycles. The van der Waals surface area contributed by atoms with Crippen LogP contribution in [0.5, 0.6) is 0 Å². The van der Waals surface area contributed by atoms with Gasteiger partial charge in [0.05, 0.1) is 0 Å². The molecular formula is C8H18O6. The van der Waals surface area contributed by atoms with E-state index in [0.29, 0.717) is 12.8 Å². The van der Waals surface area contributed by atoms with Gasteiger partial charge < -0.3 is 0 Å². The van der Waals surface area contributed by atoms with E-state index in [4.69, 9.17) is 20.3 Å². The summed E-state index contributed by atoms with van der Waals surface area (Å²) >= 11 is 0. The van der Waals surface area contributed by atoms with E-state index in [0.717, 1.165) is 0 Å². The van der Waals surface area contributed by atoms with E-state index in [1.165, 1.54) is 13.8 Å². The van der Waals surface area contributed by atoms with Gasteiger partial charge in [0.1, 0.15) is 0 Å². The number of rotatable bonds is 7. The smallest absolute Gasteiger partial charge is 0.230 e. The van der Waals surface area contributed by atoms with Gasteiger partial charge in [0, 0.05) is 12.8 Å². The van der Waals surface area contributed by atoms with Gasteiger partial charge in [0.25, 0.3) is 0 Å². The zero-order valence-electron chi connectivity index (χ0n) is 8.94. The zero-order chi connectivity index (χ0) is 11.2. The molecule has 2 N–H and O–H groups in total. The van der Waals surface area contributed by atoms with Crippen LogP contribution in [0.4, 0.5) is 0 Å². The second-order valence-corrected chi connectivity index (χ2v) is 3.32. The fourth-order valence-electron chi connectivity index (χ4n) is 0.454. The summed E-state index contributed by atoms with van der Waals surface area (Å²) in [7, 11) is 0. The first-order chi connectivity index (χ1) is 6.45. The van der Waals surface area contributed by atoms with Crippen molar-refractivity contribution >= 4 is 0 Å². The minimum Gasteiger partial charge on any atom is -0.249 e. The van der Waals surface area contributed by atoms with Crippen molar-refractivity contribution in [1.82, 2.24) is 0 Å². The second kappa shape index (κ2) is 5.59. The first-order valence-electron chi connectivity index (χ1n) is 4.47. The molecule has 0 aromatic heterocycles. The Balaban J connectivity index is 4.14. The average molecular weight is 210 g/mol. The van der Waals surface area contributed by atoms with E-state index in [1.54, 1.807) is 13.8 Å². The van der Waals surface area contributed by atoms with E-state index in [-0.39, 0.29) is 0 Å². The first-order valence-corrected chi connectivity index (χ1v) is 4.47. The van der Waals surface area contributed by atoms with E-state index < -0.39 is 11.6 Å². The minimum atomic E-state index is -1.27.